The molecule has 0 atom stereocenters. The highest BCUT2D eigenvalue weighted by molar-refractivity contribution is 14.1. The number of halogens is 1. The van der Waals surface area contributed by atoms with Crippen LogP contribution in [-0.4, -0.2) is 4.98 Å². The van der Waals surface area contributed by atoms with E-state index in [2.05, 4.69) is 52.0 Å². The molecule has 0 aliphatic heterocycles. The Labute approximate surface area is 134 Å². The lowest BCUT2D eigenvalue weighted by atomic mass is 10.2. The van der Waals surface area contributed by atoms with Crippen molar-refractivity contribution < 1.29 is 0 Å². The molecule has 0 unspecified atom stereocenters. The number of anilines is 2. The van der Waals surface area contributed by atoms with E-state index in [1.54, 1.807) is 6.20 Å². The zero-order chi connectivity index (χ0) is 14.1. The second-order valence-electron chi connectivity index (χ2n) is 4.36. The van der Waals surface area contributed by atoms with Gasteiger partial charge in [-0.05, 0) is 65.4 Å². The summed E-state index contributed by atoms with van der Waals surface area (Å²) in [6.45, 7) is 2.06. The van der Waals surface area contributed by atoms with Crippen molar-refractivity contribution in [3.63, 3.8) is 0 Å². The number of fused-ring (bicyclic) bond motifs is 1. The maximum atomic E-state index is 9.38. The van der Waals surface area contributed by atoms with Crippen LogP contribution >= 0.6 is 33.9 Å². The van der Waals surface area contributed by atoms with Crippen molar-refractivity contribution in [1.29, 1.82) is 5.26 Å². The van der Waals surface area contributed by atoms with Gasteiger partial charge in [0.15, 0.2) is 0 Å². The molecule has 0 bridgehead atoms. The molecule has 1 N–H and O–H groups in total. The molecule has 2 heterocycles. The Bertz CT molecular complexity index is 833. The molecule has 3 aromatic rings. The molecule has 0 aliphatic carbocycles. The molecule has 3 nitrogen and oxygen atoms in total. The largest absolute Gasteiger partial charge is 0.346 e. The molecule has 0 radical (unpaired) electrons. The van der Waals surface area contributed by atoms with Crippen LogP contribution in [0.2, 0.25) is 0 Å². The maximum absolute atomic E-state index is 9.38. The molecule has 1 aromatic carbocycles. The first-order chi connectivity index (χ1) is 9.69. The highest BCUT2D eigenvalue weighted by Gasteiger charge is 2.13. The van der Waals surface area contributed by atoms with Crippen molar-refractivity contribution in [3.05, 3.63) is 51.2 Å². The van der Waals surface area contributed by atoms with Gasteiger partial charge >= 0.3 is 0 Å². The van der Waals surface area contributed by atoms with Crippen LogP contribution in [0.3, 0.4) is 0 Å². The van der Waals surface area contributed by atoms with Gasteiger partial charge in [-0.3, -0.25) is 0 Å². The average Bonchev–Trinajstić information content (AvgIpc) is 2.79. The number of benzene rings is 1. The number of nitriles is 1. The molecule has 3 rings (SSSR count). The van der Waals surface area contributed by atoms with E-state index < -0.39 is 0 Å². The quantitative estimate of drug-likeness (QED) is 0.637. The summed E-state index contributed by atoms with van der Waals surface area (Å²) in [6, 6.07) is 12.3. The Hall–Kier alpha value is -1.65. The Morgan fingerprint density at radius 3 is 2.95 bits per heavy atom. The zero-order valence-electron chi connectivity index (χ0n) is 10.6. The van der Waals surface area contributed by atoms with E-state index in [4.69, 9.17) is 0 Å². The van der Waals surface area contributed by atoms with E-state index in [1.807, 2.05) is 24.3 Å². The molecular formula is C15H10IN3S. The first-order valence-corrected chi connectivity index (χ1v) is 7.89. The van der Waals surface area contributed by atoms with Crippen molar-refractivity contribution in [2.75, 3.05) is 5.32 Å². The molecular weight excluding hydrogens is 381 g/mol. The van der Waals surface area contributed by atoms with Gasteiger partial charge in [0.05, 0.1) is 5.56 Å². The van der Waals surface area contributed by atoms with Crippen LogP contribution < -0.4 is 5.32 Å². The smallest absolute Gasteiger partial charge is 0.126 e. The van der Waals surface area contributed by atoms with Gasteiger partial charge in [-0.15, -0.1) is 0 Å². The summed E-state index contributed by atoms with van der Waals surface area (Å²) >= 11 is 3.80. The van der Waals surface area contributed by atoms with Crippen molar-refractivity contribution in [1.82, 2.24) is 4.98 Å². The van der Waals surface area contributed by atoms with E-state index in [-0.39, 0.29) is 0 Å². The molecule has 20 heavy (non-hydrogen) atoms. The van der Waals surface area contributed by atoms with E-state index in [9.17, 15) is 5.26 Å². The highest BCUT2D eigenvalue weighted by Crippen LogP contribution is 2.36. The Kier molecular flexibility index (Phi) is 3.59. The van der Waals surface area contributed by atoms with Crippen LogP contribution in [0.4, 0.5) is 10.7 Å². The SMILES string of the molecule is Cc1cc(I)ccc1Nc1sc2ncccc2c1C#N. The topological polar surface area (TPSA) is 48.7 Å². The zero-order valence-corrected chi connectivity index (χ0v) is 13.6. The molecule has 5 heteroatoms. The number of thiophene rings is 1. The van der Waals surface area contributed by atoms with Gasteiger partial charge in [0.1, 0.15) is 15.9 Å². The minimum Gasteiger partial charge on any atom is -0.346 e. The van der Waals surface area contributed by atoms with Crippen LogP contribution in [0.5, 0.6) is 0 Å². The Balaban J connectivity index is 2.09. The Morgan fingerprint density at radius 1 is 1.35 bits per heavy atom. The maximum Gasteiger partial charge on any atom is 0.126 e. The van der Waals surface area contributed by atoms with Crippen molar-refractivity contribution in [2.24, 2.45) is 0 Å². The predicted molar refractivity (Wildman–Crippen MR) is 91.5 cm³/mol. The molecule has 0 spiro atoms. The first kappa shape index (κ1) is 13.3. The second-order valence-corrected chi connectivity index (χ2v) is 6.60. The molecule has 0 aliphatic rings. The summed E-state index contributed by atoms with van der Waals surface area (Å²) in [5.41, 5.74) is 2.84. The minimum atomic E-state index is 0.663. The number of hydrogen-bond donors (Lipinski definition) is 1. The lowest BCUT2D eigenvalue weighted by Crippen LogP contribution is -1.93. The number of pyridine rings is 1. The first-order valence-electron chi connectivity index (χ1n) is 6.00. The third kappa shape index (κ3) is 2.37. The molecule has 2 aromatic heterocycles. The average molecular weight is 391 g/mol. The standard InChI is InChI=1S/C15H10IN3S/c1-9-7-10(16)4-5-13(9)19-15-12(8-17)11-3-2-6-18-14(11)20-15/h2-7,19H,1H3. The third-order valence-corrected chi connectivity index (χ3v) is 4.71. The normalized spacial score (nSPS) is 10.4. The van der Waals surface area contributed by atoms with Crippen molar-refractivity contribution in [2.45, 2.75) is 6.92 Å². The van der Waals surface area contributed by atoms with E-state index >= 15 is 0 Å². The molecule has 0 saturated carbocycles. The number of aryl methyl sites for hydroxylation is 1. The molecule has 0 saturated heterocycles. The number of nitrogens with zero attached hydrogens (tertiary/aromatic N) is 2. The fourth-order valence-corrected chi connectivity index (χ4v) is 3.67. The van der Waals surface area contributed by atoms with Crippen molar-refractivity contribution in [3.8, 4) is 6.07 Å². The van der Waals surface area contributed by atoms with Gasteiger partial charge in [0.2, 0.25) is 0 Å². The number of nitrogens with one attached hydrogen (secondary N) is 1. The van der Waals surface area contributed by atoms with Gasteiger partial charge in [0.25, 0.3) is 0 Å². The summed E-state index contributed by atoms with van der Waals surface area (Å²) < 4.78 is 1.20. The van der Waals surface area contributed by atoms with Crippen LogP contribution in [0.15, 0.2) is 36.5 Å². The lowest BCUT2D eigenvalue weighted by molar-refractivity contribution is 1.42. The molecule has 0 fully saturated rings. The van der Waals surface area contributed by atoms with Crippen LogP contribution in [-0.2, 0) is 0 Å². The fourth-order valence-electron chi connectivity index (χ4n) is 2.02. The molecule has 98 valence electrons. The highest BCUT2D eigenvalue weighted by atomic mass is 127. The number of hydrogen-bond acceptors (Lipinski definition) is 4. The van der Waals surface area contributed by atoms with Crippen molar-refractivity contribution >= 4 is 54.8 Å². The van der Waals surface area contributed by atoms with Gasteiger partial charge < -0.3 is 5.32 Å². The summed E-state index contributed by atoms with van der Waals surface area (Å²) in [4.78, 5) is 5.20. The minimum absolute atomic E-state index is 0.663. The van der Waals surface area contributed by atoms with Crippen LogP contribution in [0.1, 0.15) is 11.1 Å². The Morgan fingerprint density at radius 2 is 2.20 bits per heavy atom. The van der Waals surface area contributed by atoms with E-state index in [0.717, 1.165) is 26.5 Å². The monoisotopic (exact) mass is 391 g/mol. The van der Waals surface area contributed by atoms with E-state index in [0.29, 0.717) is 5.56 Å². The summed E-state index contributed by atoms with van der Waals surface area (Å²) in [5.74, 6) is 0. The lowest BCUT2D eigenvalue weighted by Gasteiger charge is -2.08. The van der Waals surface area contributed by atoms with Crippen LogP contribution in [0.25, 0.3) is 10.2 Å². The van der Waals surface area contributed by atoms with E-state index in [1.165, 1.54) is 14.9 Å². The predicted octanol–water partition coefficient (Wildman–Crippen LogP) is 4.82. The summed E-state index contributed by atoms with van der Waals surface area (Å²) in [5, 5.41) is 14.5. The molecule has 0 amide bonds. The fraction of sp³-hybridized carbons (Fsp3) is 0.0667. The second kappa shape index (κ2) is 5.38. The van der Waals surface area contributed by atoms with Gasteiger partial charge in [-0.2, -0.15) is 5.26 Å². The van der Waals surface area contributed by atoms with Crippen LogP contribution in [0, 0.1) is 21.8 Å². The number of rotatable bonds is 2. The van der Waals surface area contributed by atoms with Gasteiger partial charge in [0, 0.05) is 20.8 Å². The van der Waals surface area contributed by atoms with Gasteiger partial charge in [-0.25, -0.2) is 4.98 Å². The van der Waals surface area contributed by atoms with Gasteiger partial charge in [-0.1, -0.05) is 11.3 Å². The summed E-state index contributed by atoms with van der Waals surface area (Å²) in [6.07, 6.45) is 1.75. The number of aromatic nitrogens is 1. The summed E-state index contributed by atoms with van der Waals surface area (Å²) in [7, 11) is 0. The third-order valence-electron chi connectivity index (χ3n) is 3.01.